The van der Waals surface area contributed by atoms with Crippen molar-refractivity contribution in [3.8, 4) is 5.75 Å². The summed E-state index contributed by atoms with van der Waals surface area (Å²) in [4.78, 5) is 11.3. The molecule has 1 saturated heterocycles. The highest BCUT2D eigenvalue weighted by molar-refractivity contribution is 6.42. The van der Waals surface area contributed by atoms with Gasteiger partial charge in [-0.15, -0.1) is 12.4 Å². The second-order valence-corrected chi connectivity index (χ2v) is 6.86. The van der Waals surface area contributed by atoms with Crippen molar-refractivity contribution >= 4 is 41.6 Å². The van der Waals surface area contributed by atoms with Gasteiger partial charge >= 0.3 is 5.97 Å². The van der Waals surface area contributed by atoms with E-state index in [1.54, 1.807) is 30.3 Å². The Kier molecular flexibility index (Phi) is 8.20. The molecular weight excluding hydrogens is 413 g/mol. The largest absolute Gasteiger partial charge is 0.492 e. The zero-order valence-electron chi connectivity index (χ0n) is 14.4. The summed E-state index contributed by atoms with van der Waals surface area (Å²) in [5.74, 6) is -0.689. The molecule has 2 aromatic carbocycles. The molecule has 0 spiro atoms. The predicted molar refractivity (Wildman–Crippen MR) is 108 cm³/mol. The number of carbonyl (C=O) groups is 1. The van der Waals surface area contributed by atoms with Crippen LogP contribution in [0.4, 0.5) is 0 Å². The van der Waals surface area contributed by atoms with E-state index in [4.69, 9.17) is 32.7 Å². The molecule has 2 N–H and O–H groups in total. The van der Waals surface area contributed by atoms with Gasteiger partial charge in [0.2, 0.25) is 0 Å². The number of carboxylic acids is 1. The number of rotatable bonds is 5. The van der Waals surface area contributed by atoms with Gasteiger partial charge in [-0.1, -0.05) is 41.4 Å². The molecule has 27 heavy (non-hydrogen) atoms. The highest BCUT2D eigenvalue weighted by atomic mass is 35.5. The van der Waals surface area contributed by atoms with Crippen LogP contribution in [0.1, 0.15) is 22.0 Å². The monoisotopic (exact) mass is 431 g/mol. The number of para-hydroxylation sites is 1. The Hall–Kier alpha value is -1.50. The molecule has 2 aromatic rings. The summed E-state index contributed by atoms with van der Waals surface area (Å²) in [6.07, 6.45) is -0.225. The first kappa shape index (κ1) is 21.8. The number of hydrogen-bond donors (Lipinski definition) is 2. The SMILES string of the molecule is Cl.O=C(O)c1ccccc1OC[C@@H]1CNCCO[C@H]1c1ccc(Cl)c(Cl)c1. The molecule has 0 amide bonds. The minimum Gasteiger partial charge on any atom is -0.492 e. The Labute approximate surface area is 174 Å². The van der Waals surface area contributed by atoms with Crippen LogP contribution in [0.25, 0.3) is 0 Å². The number of hydrogen-bond acceptors (Lipinski definition) is 4. The van der Waals surface area contributed by atoms with Crippen molar-refractivity contribution in [2.24, 2.45) is 5.92 Å². The number of nitrogens with one attached hydrogen (secondary N) is 1. The van der Waals surface area contributed by atoms with Crippen molar-refractivity contribution < 1.29 is 19.4 Å². The quantitative estimate of drug-likeness (QED) is 0.729. The molecule has 146 valence electrons. The molecule has 2 atom stereocenters. The first-order chi connectivity index (χ1) is 12.6. The number of carboxylic acid groups (broad SMARTS) is 1. The van der Waals surface area contributed by atoms with E-state index in [0.717, 1.165) is 12.1 Å². The first-order valence-corrected chi connectivity index (χ1v) is 9.04. The number of ether oxygens (including phenoxy) is 2. The maximum atomic E-state index is 11.3. The molecule has 0 aliphatic carbocycles. The van der Waals surface area contributed by atoms with Crippen molar-refractivity contribution in [3.63, 3.8) is 0 Å². The van der Waals surface area contributed by atoms with E-state index >= 15 is 0 Å². The first-order valence-electron chi connectivity index (χ1n) is 8.28. The van der Waals surface area contributed by atoms with E-state index in [1.807, 2.05) is 6.07 Å². The number of aromatic carboxylic acids is 1. The molecule has 1 aliphatic heterocycles. The molecule has 1 aliphatic rings. The van der Waals surface area contributed by atoms with Gasteiger partial charge in [0.25, 0.3) is 0 Å². The van der Waals surface area contributed by atoms with Crippen LogP contribution in [-0.2, 0) is 4.74 Å². The van der Waals surface area contributed by atoms with E-state index in [9.17, 15) is 9.90 Å². The van der Waals surface area contributed by atoms with Crippen molar-refractivity contribution in [1.82, 2.24) is 5.32 Å². The van der Waals surface area contributed by atoms with Crippen LogP contribution in [-0.4, -0.2) is 37.4 Å². The fourth-order valence-corrected chi connectivity index (χ4v) is 3.27. The summed E-state index contributed by atoms with van der Waals surface area (Å²) in [5, 5.41) is 13.6. The van der Waals surface area contributed by atoms with E-state index in [2.05, 4.69) is 5.32 Å². The number of halogens is 3. The lowest BCUT2D eigenvalue weighted by Gasteiger charge is -2.25. The van der Waals surface area contributed by atoms with Gasteiger partial charge in [0.15, 0.2) is 0 Å². The Bertz CT molecular complexity index is 787. The Morgan fingerprint density at radius 3 is 2.74 bits per heavy atom. The summed E-state index contributed by atoms with van der Waals surface area (Å²) < 4.78 is 11.8. The molecule has 0 bridgehead atoms. The van der Waals surface area contributed by atoms with E-state index in [0.29, 0.717) is 35.6 Å². The van der Waals surface area contributed by atoms with Crippen LogP contribution >= 0.6 is 35.6 Å². The van der Waals surface area contributed by atoms with E-state index in [-0.39, 0.29) is 30.0 Å². The van der Waals surface area contributed by atoms with Crippen LogP contribution in [0.15, 0.2) is 42.5 Å². The van der Waals surface area contributed by atoms with Crippen molar-refractivity contribution in [3.05, 3.63) is 63.6 Å². The molecule has 3 rings (SSSR count). The Balaban J connectivity index is 0.00000261. The lowest BCUT2D eigenvalue weighted by atomic mass is 9.96. The third kappa shape index (κ3) is 5.50. The summed E-state index contributed by atoms with van der Waals surface area (Å²) in [7, 11) is 0. The van der Waals surface area contributed by atoms with Crippen LogP contribution < -0.4 is 10.1 Å². The highest BCUT2D eigenvalue weighted by Crippen LogP contribution is 2.32. The van der Waals surface area contributed by atoms with Crippen molar-refractivity contribution in [2.75, 3.05) is 26.3 Å². The minimum absolute atomic E-state index is 0. The second-order valence-electron chi connectivity index (χ2n) is 6.04. The van der Waals surface area contributed by atoms with Gasteiger partial charge < -0.3 is 19.9 Å². The van der Waals surface area contributed by atoms with Gasteiger partial charge in [-0.2, -0.15) is 0 Å². The molecule has 1 heterocycles. The highest BCUT2D eigenvalue weighted by Gasteiger charge is 2.28. The molecular formula is C19H20Cl3NO4. The minimum atomic E-state index is -1.02. The average Bonchev–Trinajstić information content (AvgIpc) is 2.88. The lowest BCUT2D eigenvalue weighted by molar-refractivity contribution is 0.0151. The topological polar surface area (TPSA) is 67.8 Å². The third-order valence-corrected chi connectivity index (χ3v) is 4.99. The van der Waals surface area contributed by atoms with Crippen LogP contribution in [0, 0.1) is 5.92 Å². The molecule has 0 aromatic heterocycles. The summed E-state index contributed by atoms with van der Waals surface area (Å²) in [5.41, 5.74) is 1.06. The van der Waals surface area contributed by atoms with Gasteiger partial charge in [0.1, 0.15) is 11.3 Å². The van der Waals surface area contributed by atoms with Crippen molar-refractivity contribution in [2.45, 2.75) is 6.10 Å². The molecule has 1 fully saturated rings. The number of benzene rings is 2. The lowest BCUT2D eigenvalue weighted by Crippen LogP contribution is -2.29. The molecule has 0 radical (unpaired) electrons. The van der Waals surface area contributed by atoms with Crippen LogP contribution in [0.5, 0.6) is 5.75 Å². The predicted octanol–water partition coefficient (Wildman–Crippen LogP) is 4.47. The van der Waals surface area contributed by atoms with Gasteiger partial charge in [0, 0.05) is 19.0 Å². The van der Waals surface area contributed by atoms with Gasteiger partial charge in [-0.3, -0.25) is 0 Å². The normalized spacial score (nSPS) is 19.6. The smallest absolute Gasteiger partial charge is 0.339 e. The van der Waals surface area contributed by atoms with Crippen molar-refractivity contribution in [1.29, 1.82) is 0 Å². The Morgan fingerprint density at radius 2 is 2.00 bits per heavy atom. The molecule has 0 saturated carbocycles. The van der Waals surface area contributed by atoms with Crippen LogP contribution in [0.2, 0.25) is 10.0 Å². The van der Waals surface area contributed by atoms with E-state index in [1.165, 1.54) is 6.07 Å². The average molecular weight is 433 g/mol. The van der Waals surface area contributed by atoms with Gasteiger partial charge in [-0.05, 0) is 29.8 Å². The zero-order valence-corrected chi connectivity index (χ0v) is 16.7. The fraction of sp³-hybridized carbons (Fsp3) is 0.316. The van der Waals surface area contributed by atoms with E-state index < -0.39 is 5.97 Å². The third-order valence-electron chi connectivity index (χ3n) is 4.25. The standard InChI is InChI=1S/C19H19Cl2NO4.ClH/c20-15-6-5-12(9-16(15)21)18-13(10-22-7-8-25-18)11-26-17-4-2-1-3-14(17)19(23)24;/h1-6,9,13,18,22H,7-8,10-11H2,(H,23,24);1H/t13-,18-;/m0./s1. The van der Waals surface area contributed by atoms with Gasteiger partial charge in [0.05, 0.1) is 29.4 Å². The summed E-state index contributed by atoms with van der Waals surface area (Å²) >= 11 is 12.2. The van der Waals surface area contributed by atoms with Gasteiger partial charge in [-0.25, -0.2) is 4.79 Å². The Morgan fingerprint density at radius 1 is 1.22 bits per heavy atom. The summed E-state index contributed by atoms with van der Waals surface area (Å²) in [6, 6.07) is 12.0. The summed E-state index contributed by atoms with van der Waals surface area (Å²) in [6.45, 7) is 2.29. The molecule has 8 heteroatoms. The second kappa shape index (κ2) is 10.2. The fourth-order valence-electron chi connectivity index (χ4n) is 2.96. The maximum absolute atomic E-state index is 11.3. The van der Waals surface area contributed by atoms with Crippen LogP contribution in [0.3, 0.4) is 0 Å². The maximum Gasteiger partial charge on any atom is 0.339 e. The molecule has 0 unspecified atom stereocenters. The molecule has 5 nitrogen and oxygen atoms in total. The zero-order chi connectivity index (χ0) is 18.5.